The fraction of sp³-hybridized carbons (Fsp3) is 0.300. The van der Waals surface area contributed by atoms with Crippen LogP contribution in [0, 0.1) is 0 Å². The van der Waals surface area contributed by atoms with Gasteiger partial charge >= 0.3 is 0 Å². The van der Waals surface area contributed by atoms with E-state index in [1.807, 2.05) is 24.3 Å². The van der Waals surface area contributed by atoms with E-state index in [2.05, 4.69) is 16.0 Å². The molecule has 2 aromatic carbocycles. The maximum Gasteiger partial charge on any atom is 0.242 e. The number of benzene rings is 2. The van der Waals surface area contributed by atoms with Crippen LogP contribution in [0.5, 0.6) is 5.75 Å². The number of halogens is 1. The summed E-state index contributed by atoms with van der Waals surface area (Å²) in [6.45, 7) is 3.73. The van der Waals surface area contributed by atoms with Crippen LogP contribution in [0.25, 0.3) is 0 Å². The number of carbonyl (C=O) groups excluding carboxylic acids is 2. The number of hydrogen-bond donors (Lipinski definition) is 3. The zero-order valence-electron chi connectivity index (χ0n) is 15.6. The van der Waals surface area contributed by atoms with Crippen LogP contribution in [0.3, 0.4) is 0 Å². The Labute approximate surface area is 164 Å². The van der Waals surface area contributed by atoms with Crippen molar-refractivity contribution >= 4 is 34.8 Å². The number of hydrogen-bond acceptors (Lipinski definition) is 4. The van der Waals surface area contributed by atoms with Crippen molar-refractivity contribution in [2.75, 3.05) is 24.3 Å². The van der Waals surface area contributed by atoms with Crippen LogP contribution in [0.4, 0.5) is 11.4 Å². The summed E-state index contributed by atoms with van der Waals surface area (Å²) in [4.78, 5) is 23.4. The first-order valence-corrected chi connectivity index (χ1v) is 9.01. The summed E-state index contributed by atoms with van der Waals surface area (Å²) in [6, 6.07) is 12.5. The molecule has 0 saturated carbocycles. The van der Waals surface area contributed by atoms with Gasteiger partial charge in [0.25, 0.3) is 0 Å². The van der Waals surface area contributed by atoms with Crippen molar-refractivity contribution in [2.45, 2.75) is 26.3 Å². The van der Waals surface area contributed by atoms with Crippen molar-refractivity contribution in [3.8, 4) is 5.75 Å². The number of methoxy groups -OCH3 is 1. The summed E-state index contributed by atoms with van der Waals surface area (Å²) in [6.07, 6.45) is 0.736. The molecule has 0 fully saturated rings. The highest BCUT2D eigenvalue weighted by Crippen LogP contribution is 2.25. The molecular formula is C20H24ClN3O3. The Balaban J connectivity index is 1.82. The van der Waals surface area contributed by atoms with Gasteiger partial charge in [0.2, 0.25) is 11.8 Å². The van der Waals surface area contributed by atoms with Gasteiger partial charge in [-0.05, 0) is 49.2 Å². The van der Waals surface area contributed by atoms with Gasteiger partial charge < -0.3 is 20.7 Å². The molecule has 0 bridgehead atoms. The molecule has 0 heterocycles. The van der Waals surface area contributed by atoms with Crippen LogP contribution in [0.2, 0.25) is 5.02 Å². The van der Waals surface area contributed by atoms with Gasteiger partial charge in [-0.3, -0.25) is 9.59 Å². The average Bonchev–Trinajstić information content (AvgIpc) is 2.64. The lowest BCUT2D eigenvalue weighted by molar-refractivity contribution is -0.121. The average molecular weight is 390 g/mol. The van der Waals surface area contributed by atoms with Crippen molar-refractivity contribution in [1.29, 1.82) is 0 Å². The molecule has 2 rings (SSSR count). The standard InChI is InChI=1S/C20H24ClN3O3/c1-13(23-16-6-9-19(18(21)12-16)24-14(2)25)20(26)22-11-10-15-4-7-17(27-3)8-5-15/h4-9,12-13,23H,10-11H2,1-3H3,(H,22,26)(H,24,25). The van der Waals surface area contributed by atoms with E-state index in [0.29, 0.717) is 22.9 Å². The lowest BCUT2D eigenvalue weighted by Crippen LogP contribution is -2.38. The molecule has 3 N–H and O–H groups in total. The Bertz CT molecular complexity index is 794. The Morgan fingerprint density at radius 2 is 1.85 bits per heavy atom. The van der Waals surface area contributed by atoms with E-state index >= 15 is 0 Å². The van der Waals surface area contributed by atoms with Gasteiger partial charge in [-0.2, -0.15) is 0 Å². The predicted molar refractivity (Wildman–Crippen MR) is 109 cm³/mol. The zero-order valence-corrected chi connectivity index (χ0v) is 16.4. The molecular weight excluding hydrogens is 366 g/mol. The van der Waals surface area contributed by atoms with E-state index < -0.39 is 6.04 Å². The van der Waals surface area contributed by atoms with Crippen molar-refractivity contribution in [3.63, 3.8) is 0 Å². The van der Waals surface area contributed by atoms with Gasteiger partial charge in [0, 0.05) is 19.2 Å². The molecule has 1 unspecified atom stereocenters. The summed E-state index contributed by atoms with van der Waals surface area (Å²) >= 11 is 6.15. The second kappa shape index (κ2) is 9.83. The van der Waals surface area contributed by atoms with Crippen molar-refractivity contribution in [3.05, 3.63) is 53.1 Å². The highest BCUT2D eigenvalue weighted by molar-refractivity contribution is 6.34. The first-order chi connectivity index (χ1) is 12.9. The molecule has 144 valence electrons. The second-order valence-electron chi connectivity index (χ2n) is 6.13. The topological polar surface area (TPSA) is 79.5 Å². The quantitative estimate of drug-likeness (QED) is 0.646. The molecule has 7 heteroatoms. The molecule has 2 amide bonds. The van der Waals surface area contributed by atoms with Gasteiger partial charge in [0.1, 0.15) is 11.8 Å². The van der Waals surface area contributed by atoms with E-state index in [1.165, 1.54) is 6.92 Å². The largest absolute Gasteiger partial charge is 0.497 e. The molecule has 27 heavy (non-hydrogen) atoms. The molecule has 0 aliphatic heterocycles. The number of nitrogens with one attached hydrogen (secondary N) is 3. The number of rotatable bonds is 8. The summed E-state index contributed by atoms with van der Waals surface area (Å²) in [5.74, 6) is 0.511. The number of carbonyl (C=O) groups is 2. The van der Waals surface area contributed by atoms with Crippen LogP contribution in [0.1, 0.15) is 19.4 Å². The Kier molecular flexibility index (Phi) is 7.49. The van der Waals surface area contributed by atoms with Crippen LogP contribution in [-0.4, -0.2) is 31.5 Å². The normalized spacial score (nSPS) is 11.4. The van der Waals surface area contributed by atoms with Crippen molar-refractivity contribution in [1.82, 2.24) is 5.32 Å². The van der Waals surface area contributed by atoms with Crippen molar-refractivity contribution in [2.24, 2.45) is 0 Å². The minimum atomic E-state index is -0.427. The van der Waals surface area contributed by atoms with Crippen LogP contribution in [0.15, 0.2) is 42.5 Å². The molecule has 0 aliphatic rings. The highest BCUT2D eigenvalue weighted by Gasteiger charge is 2.13. The van der Waals surface area contributed by atoms with E-state index in [0.717, 1.165) is 17.7 Å². The third-order valence-corrected chi connectivity index (χ3v) is 4.24. The summed E-state index contributed by atoms with van der Waals surface area (Å²) in [5, 5.41) is 9.06. The van der Waals surface area contributed by atoms with E-state index in [-0.39, 0.29) is 11.8 Å². The molecule has 0 spiro atoms. The maximum absolute atomic E-state index is 12.3. The minimum absolute atomic E-state index is 0.106. The summed E-state index contributed by atoms with van der Waals surface area (Å²) in [5.41, 5.74) is 2.36. The minimum Gasteiger partial charge on any atom is -0.497 e. The van der Waals surface area contributed by atoms with Gasteiger partial charge in [0.05, 0.1) is 17.8 Å². The number of amides is 2. The third-order valence-electron chi connectivity index (χ3n) is 3.93. The van der Waals surface area contributed by atoms with E-state index in [4.69, 9.17) is 16.3 Å². The molecule has 2 aromatic rings. The summed E-state index contributed by atoms with van der Waals surface area (Å²) in [7, 11) is 1.63. The SMILES string of the molecule is COc1ccc(CCNC(=O)C(C)Nc2ccc(NC(C)=O)c(Cl)c2)cc1. The molecule has 1 atom stereocenters. The first-order valence-electron chi connectivity index (χ1n) is 8.63. The summed E-state index contributed by atoms with van der Waals surface area (Å²) < 4.78 is 5.13. The van der Waals surface area contributed by atoms with Crippen LogP contribution in [-0.2, 0) is 16.0 Å². The molecule has 0 saturated heterocycles. The first kappa shape index (κ1) is 20.6. The monoisotopic (exact) mass is 389 g/mol. The van der Waals surface area contributed by atoms with E-state index in [1.54, 1.807) is 32.2 Å². The third kappa shape index (κ3) is 6.49. The highest BCUT2D eigenvalue weighted by atomic mass is 35.5. The smallest absolute Gasteiger partial charge is 0.242 e. The Morgan fingerprint density at radius 1 is 1.15 bits per heavy atom. The van der Waals surface area contributed by atoms with E-state index in [9.17, 15) is 9.59 Å². The Morgan fingerprint density at radius 3 is 2.44 bits per heavy atom. The van der Waals surface area contributed by atoms with Gasteiger partial charge in [0.15, 0.2) is 0 Å². The molecule has 6 nitrogen and oxygen atoms in total. The molecule has 0 aliphatic carbocycles. The molecule has 0 aromatic heterocycles. The lowest BCUT2D eigenvalue weighted by atomic mass is 10.1. The van der Waals surface area contributed by atoms with Crippen molar-refractivity contribution < 1.29 is 14.3 Å². The lowest BCUT2D eigenvalue weighted by Gasteiger charge is -2.16. The Hall–Kier alpha value is -2.73. The van der Waals surface area contributed by atoms with Gasteiger partial charge in [-0.1, -0.05) is 23.7 Å². The van der Waals surface area contributed by atoms with Gasteiger partial charge in [-0.25, -0.2) is 0 Å². The number of ether oxygens (including phenoxy) is 1. The second-order valence-corrected chi connectivity index (χ2v) is 6.54. The molecule has 0 radical (unpaired) electrons. The fourth-order valence-corrected chi connectivity index (χ4v) is 2.71. The predicted octanol–water partition coefficient (Wildman–Crippen LogP) is 3.47. The van der Waals surface area contributed by atoms with Gasteiger partial charge in [-0.15, -0.1) is 0 Å². The zero-order chi connectivity index (χ0) is 19.8. The maximum atomic E-state index is 12.3. The fourth-order valence-electron chi connectivity index (χ4n) is 2.49. The van der Waals surface area contributed by atoms with Crippen LogP contribution >= 0.6 is 11.6 Å². The number of anilines is 2. The van der Waals surface area contributed by atoms with Crippen LogP contribution < -0.4 is 20.7 Å².